The van der Waals surface area contributed by atoms with Crippen molar-refractivity contribution in [1.29, 1.82) is 0 Å². The van der Waals surface area contributed by atoms with E-state index in [1.807, 2.05) is 34.9 Å². The molecule has 1 atom stereocenters. The minimum Gasteiger partial charge on any atom is -0.497 e. The fraction of sp³-hybridized carbons (Fsp3) is 0.600. The number of aryl methyl sites for hydroxylation is 1. The van der Waals surface area contributed by atoms with Gasteiger partial charge in [0.25, 0.3) is 0 Å². The first-order chi connectivity index (χ1) is 12.6. The normalized spacial score (nSPS) is 20.4. The summed E-state index contributed by atoms with van der Waals surface area (Å²) in [5.41, 5.74) is 1.80. The van der Waals surface area contributed by atoms with E-state index in [4.69, 9.17) is 4.74 Å². The van der Waals surface area contributed by atoms with E-state index >= 15 is 0 Å². The number of urea groups is 1. The number of methoxy groups -OCH3 is 1. The van der Waals surface area contributed by atoms with Gasteiger partial charge in [0.1, 0.15) is 5.75 Å². The first-order valence-corrected chi connectivity index (χ1v) is 9.58. The maximum absolute atomic E-state index is 12.8. The van der Waals surface area contributed by atoms with Gasteiger partial charge in [0.2, 0.25) is 5.91 Å². The van der Waals surface area contributed by atoms with Crippen LogP contribution in [0.15, 0.2) is 18.2 Å². The van der Waals surface area contributed by atoms with Gasteiger partial charge in [-0.25, -0.2) is 4.79 Å². The fourth-order valence-electron chi connectivity index (χ4n) is 3.90. The molecule has 2 aliphatic rings. The van der Waals surface area contributed by atoms with Crippen LogP contribution in [0.25, 0.3) is 0 Å². The average Bonchev–Trinajstić information content (AvgIpc) is 3.06. The molecule has 1 unspecified atom stereocenters. The Morgan fingerprint density at radius 3 is 2.81 bits per heavy atom. The van der Waals surface area contributed by atoms with Crippen LogP contribution in [-0.4, -0.2) is 54.5 Å². The van der Waals surface area contributed by atoms with Crippen molar-refractivity contribution in [3.05, 3.63) is 23.8 Å². The molecule has 2 fully saturated rings. The van der Waals surface area contributed by atoms with Crippen LogP contribution in [0.4, 0.5) is 10.5 Å². The lowest BCUT2D eigenvalue weighted by molar-refractivity contribution is -0.127. The molecule has 142 valence electrons. The highest BCUT2D eigenvalue weighted by atomic mass is 16.5. The molecule has 6 heteroatoms. The van der Waals surface area contributed by atoms with Crippen LogP contribution in [0.1, 0.15) is 44.1 Å². The number of piperidine rings is 1. The summed E-state index contributed by atoms with van der Waals surface area (Å²) in [5.74, 6) is 1.04. The predicted octanol–water partition coefficient (Wildman–Crippen LogP) is 3.40. The number of nitrogens with zero attached hydrogens (tertiary/aromatic N) is 2. The minimum atomic E-state index is -0.0456. The quantitative estimate of drug-likeness (QED) is 0.876. The van der Waals surface area contributed by atoms with E-state index in [1.54, 1.807) is 7.11 Å². The number of rotatable bonds is 5. The highest BCUT2D eigenvalue weighted by Gasteiger charge is 2.28. The molecule has 2 saturated heterocycles. The van der Waals surface area contributed by atoms with Gasteiger partial charge in [-0.2, -0.15) is 0 Å². The Kier molecular flexibility index (Phi) is 6.01. The maximum atomic E-state index is 12.8. The topological polar surface area (TPSA) is 61.9 Å². The molecule has 0 bridgehead atoms. The molecule has 2 heterocycles. The first kappa shape index (κ1) is 18.5. The number of amides is 3. The van der Waals surface area contributed by atoms with E-state index in [0.717, 1.165) is 68.7 Å². The summed E-state index contributed by atoms with van der Waals surface area (Å²) >= 11 is 0. The predicted molar refractivity (Wildman–Crippen MR) is 102 cm³/mol. The van der Waals surface area contributed by atoms with E-state index in [9.17, 15) is 9.59 Å². The molecule has 1 N–H and O–H groups in total. The van der Waals surface area contributed by atoms with Crippen molar-refractivity contribution in [3.8, 4) is 5.75 Å². The summed E-state index contributed by atoms with van der Waals surface area (Å²) in [4.78, 5) is 28.6. The molecule has 0 spiro atoms. The lowest BCUT2D eigenvalue weighted by atomic mass is 9.99. The second-order valence-electron chi connectivity index (χ2n) is 7.23. The third-order valence-electron chi connectivity index (χ3n) is 5.47. The molecule has 26 heavy (non-hydrogen) atoms. The molecule has 0 aromatic heterocycles. The third-order valence-corrected chi connectivity index (χ3v) is 5.47. The van der Waals surface area contributed by atoms with Crippen molar-refractivity contribution < 1.29 is 14.3 Å². The molecule has 3 amide bonds. The molecule has 2 aliphatic heterocycles. The number of ether oxygens (including phenoxy) is 1. The number of benzene rings is 1. The van der Waals surface area contributed by atoms with Crippen LogP contribution >= 0.6 is 0 Å². The highest BCUT2D eigenvalue weighted by molar-refractivity contribution is 5.90. The van der Waals surface area contributed by atoms with Crippen molar-refractivity contribution in [2.75, 3.05) is 32.1 Å². The van der Waals surface area contributed by atoms with E-state index in [-0.39, 0.29) is 18.0 Å². The van der Waals surface area contributed by atoms with Crippen molar-refractivity contribution in [1.82, 2.24) is 9.80 Å². The van der Waals surface area contributed by atoms with Crippen LogP contribution in [0.3, 0.4) is 0 Å². The Labute approximate surface area is 155 Å². The van der Waals surface area contributed by atoms with Crippen molar-refractivity contribution >= 4 is 17.6 Å². The minimum absolute atomic E-state index is 0.0456. The van der Waals surface area contributed by atoms with E-state index in [1.165, 1.54) is 0 Å². The molecule has 0 radical (unpaired) electrons. The summed E-state index contributed by atoms with van der Waals surface area (Å²) in [6.45, 7) is 4.36. The second kappa shape index (κ2) is 8.43. The van der Waals surface area contributed by atoms with Gasteiger partial charge in [0.05, 0.1) is 7.11 Å². The Morgan fingerprint density at radius 2 is 2.12 bits per heavy atom. The number of hydrogen-bond donors (Lipinski definition) is 1. The van der Waals surface area contributed by atoms with Crippen molar-refractivity contribution in [3.63, 3.8) is 0 Å². The van der Waals surface area contributed by atoms with Gasteiger partial charge < -0.3 is 19.9 Å². The van der Waals surface area contributed by atoms with Gasteiger partial charge in [-0.1, -0.05) is 0 Å². The zero-order valence-electron chi connectivity index (χ0n) is 15.8. The lowest BCUT2D eigenvalue weighted by Crippen LogP contribution is -2.47. The Bertz CT molecular complexity index is 662. The zero-order chi connectivity index (χ0) is 18.5. The average molecular weight is 359 g/mol. The number of hydrogen-bond acceptors (Lipinski definition) is 3. The van der Waals surface area contributed by atoms with Crippen LogP contribution in [0, 0.1) is 6.92 Å². The highest BCUT2D eigenvalue weighted by Crippen LogP contribution is 2.25. The van der Waals surface area contributed by atoms with Gasteiger partial charge in [0.15, 0.2) is 0 Å². The Hall–Kier alpha value is -2.24. The standard InChI is InChI=1S/C20H29N3O3/c1-15-14-17(26-2)8-9-18(15)21-20(25)23-12-4-3-6-16(23)10-13-22-11-5-7-19(22)24/h8-9,14,16H,3-7,10-13H2,1-2H3,(H,21,25). The van der Waals surface area contributed by atoms with Crippen LogP contribution < -0.4 is 10.1 Å². The summed E-state index contributed by atoms with van der Waals surface area (Å²) < 4.78 is 5.22. The van der Waals surface area contributed by atoms with Gasteiger partial charge in [-0.3, -0.25) is 4.79 Å². The smallest absolute Gasteiger partial charge is 0.322 e. The molecule has 6 nitrogen and oxygen atoms in total. The van der Waals surface area contributed by atoms with Crippen LogP contribution in [0.5, 0.6) is 5.75 Å². The molecular formula is C20H29N3O3. The van der Waals surface area contributed by atoms with Crippen molar-refractivity contribution in [2.24, 2.45) is 0 Å². The zero-order valence-corrected chi connectivity index (χ0v) is 15.8. The summed E-state index contributed by atoms with van der Waals surface area (Å²) in [7, 11) is 1.64. The number of nitrogens with one attached hydrogen (secondary N) is 1. The summed E-state index contributed by atoms with van der Waals surface area (Å²) in [6, 6.07) is 5.82. The monoisotopic (exact) mass is 359 g/mol. The van der Waals surface area contributed by atoms with E-state index < -0.39 is 0 Å². The Morgan fingerprint density at radius 1 is 1.27 bits per heavy atom. The molecule has 3 rings (SSSR count). The van der Waals surface area contributed by atoms with Crippen LogP contribution in [0.2, 0.25) is 0 Å². The SMILES string of the molecule is COc1ccc(NC(=O)N2CCCCC2CCN2CCCC2=O)c(C)c1. The van der Waals surface area contributed by atoms with E-state index in [0.29, 0.717) is 6.42 Å². The van der Waals surface area contributed by atoms with Gasteiger partial charge >= 0.3 is 6.03 Å². The van der Waals surface area contributed by atoms with E-state index in [2.05, 4.69) is 5.32 Å². The Balaban J connectivity index is 1.61. The largest absolute Gasteiger partial charge is 0.497 e. The second-order valence-corrected chi connectivity index (χ2v) is 7.23. The number of anilines is 1. The lowest BCUT2D eigenvalue weighted by Gasteiger charge is -2.36. The summed E-state index contributed by atoms with van der Waals surface area (Å²) in [6.07, 6.45) is 5.69. The molecule has 0 aliphatic carbocycles. The molecular weight excluding hydrogens is 330 g/mol. The maximum Gasteiger partial charge on any atom is 0.322 e. The molecule has 1 aromatic carbocycles. The number of carbonyl (C=O) groups excluding carboxylic acids is 2. The third kappa shape index (κ3) is 4.29. The number of likely N-dealkylation sites (tertiary alicyclic amines) is 2. The van der Waals surface area contributed by atoms with Gasteiger partial charge in [-0.05, 0) is 62.8 Å². The van der Waals surface area contributed by atoms with Gasteiger partial charge in [0, 0.05) is 37.8 Å². The molecule has 0 saturated carbocycles. The first-order valence-electron chi connectivity index (χ1n) is 9.58. The van der Waals surface area contributed by atoms with Crippen LogP contribution in [-0.2, 0) is 4.79 Å². The fourth-order valence-corrected chi connectivity index (χ4v) is 3.90. The van der Waals surface area contributed by atoms with Crippen molar-refractivity contribution in [2.45, 2.75) is 51.5 Å². The molecule has 1 aromatic rings. The summed E-state index contributed by atoms with van der Waals surface area (Å²) in [5, 5.41) is 3.05. The number of carbonyl (C=O) groups is 2. The van der Waals surface area contributed by atoms with Gasteiger partial charge in [-0.15, -0.1) is 0 Å².